The molecule has 0 bridgehead atoms. The normalized spacial score (nSPS) is 14.4. The van der Waals surface area contributed by atoms with E-state index in [9.17, 15) is 32.3 Å². The summed E-state index contributed by atoms with van der Waals surface area (Å²) in [5.74, 6) is -0.941. The van der Waals surface area contributed by atoms with Crippen molar-refractivity contribution in [2.75, 3.05) is 59.6 Å². The number of hydrogen-bond acceptors (Lipinski definition) is 8. The number of hydrogen-bond donors (Lipinski definition) is 1. The zero-order valence-electron chi connectivity index (χ0n) is 42.1. The number of ether oxygens (including phenoxy) is 3. The summed E-state index contributed by atoms with van der Waals surface area (Å²) in [6, 6.07) is 37.1. The molecule has 8 nitrogen and oxygen atoms in total. The largest absolute Gasteiger partial charge is 0.508 e. The maximum Gasteiger partial charge on any atom is 0.194 e. The molecule has 0 aliphatic carbocycles. The van der Waals surface area contributed by atoms with Crippen LogP contribution in [0.1, 0.15) is 83.2 Å². The van der Waals surface area contributed by atoms with Crippen molar-refractivity contribution in [2.24, 2.45) is 0 Å². The first-order valence-corrected chi connectivity index (χ1v) is 25.8. The molecule has 1 N–H and O–H groups in total. The van der Waals surface area contributed by atoms with E-state index in [1.54, 1.807) is 104 Å². The van der Waals surface area contributed by atoms with Crippen molar-refractivity contribution in [1.29, 1.82) is 0 Å². The molecule has 2 fully saturated rings. The number of ketones is 2. The Kier molecular flexibility index (Phi) is 17.2. The lowest BCUT2D eigenvalue weighted by atomic mass is 9.89. The number of halogens is 4. The molecule has 12 heteroatoms. The second-order valence-electron chi connectivity index (χ2n) is 19.1. The zero-order valence-corrected chi connectivity index (χ0v) is 42.1. The second kappa shape index (κ2) is 24.7. The number of carbonyl (C=O) groups excluding carboxylic acids is 2. The Morgan fingerprint density at radius 3 is 1.31 bits per heavy atom. The lowest BCUT2D eigenvalue weighted by Gasteiger charge is -2.19. The van der Waals surface area contributed by atoms with Gasteiger partial charge in [-0.15, -0.1) is 0 Å². The van der Waals surface area contributed by atoms with Crippen molar-refractivity contribution in [3.63, 3.8) is 0 Å². The Balaban J connectivity index is 0.000000184. The van der Waals surface area contributed by atoms with E-state index >= 15 is 0 Å². The Hall–Kier alpha value is -7.54. The standard InChI is InChI=1S/C32H31F2NO3.C31H29F2NO3/c1-37-26-12-14-27-23(20-26)8-13-28(29-21-24(33)9-15-30(29)34)31(27)32(36)22-6-10-25(11-7-22)38-19-18-35-16-4-2-3-5-17-35;32-23-8-14-29(33)28(20-23)27-12-7-22-19-24(35)9-13-26(22)30(27)31(36)21-5-10-25(11-6-21)37-18-17-34-15-3-1-2-4-16-34/h6-15,20-21H,2-5,16-19H2,1H3;5-14,19-20,35H,1-4,15-18H2. The van der Waals surface area contributed by atoms with E-state index in [4.69, 9.17) is 14.2 Å². The third-order valence-electron chi connectivity index (χ3n) is 14.1. The first-order chi connectivity index (χ1) is 36.5. The van der Waals surface area contributed by atoms with Crippen LogP contribution in [0.5, 0.6) is 23.0 Å². The number of nitrogens with zero attached hydrogens (tertiary/aromatic N) is 2. The molecule has 0 amide bonds. The van der Waals surface area contributed by atoms with Crippen LogP contribution in [0.25, 0.3) is 43.8 Å². The smallest absolute Gasteiger partial charge is 0.194 e. The monoisotopic (exact) mass is 1020 g/mol. The third-order valence-corrected chi connectivity index (χ3v) is 14.1. The summed E-state index contributed by atoms with van der Waals surface area (Å²) in [4.78, 5) is 32.5. The molecule has 0 radical (unpaired) electrons. The Morgan fingerprint density at radius 1 is 0.453 bits per heavy atom. The average molecular weight is 1020 g/mol. The molecule has 8 aromatic carbocycles. The van der Waals surface area contributed by atoms with Crippen LogP contribution in [0.15, 0.2) is 146 Å². The molecule has 2 saturated heterocycles. The number of benzene rings is 8. The van der Waals surface area contributed by atoms with E-state index in [-0.39, 0.29) is 39.6 Å². The highest BCUT2D eigenvalue weighted by Crippen LogP contribution is 2.38. The first-order valence-electron chi connectivity index (χ1n) is 25.8. The van der Waals surface area contributed by atoms with Crippen LogP contribution in [-0.2, 0) is 0 Å². The quantitative estimate of drug-likeness (QED) is 0.0803. The summed E-state index contributed by atoms with van der Waals surface area (Å²) in [7, 11) is 1.57. The van der Waals surface area contributed by atoms with E-state index in [1.165, 1.54) is 57.4 Å². The van der Waals surface area contributed by atoms with Gasteiger partial charge in [0.05, 0.1) is 7.11 Å². The number of methoxy groups -OCH3 is 1. The first kappa shape index (κ1) is 52.3. The van der Waals surface area contributed by atoms with Gasteiger partial charge in [0.2, 0.25) is 0 Å². The topological polar surface area (TPSA) is 88.5 Å². The fraction of sp³-hybridized carbons (Fsp3) is 0.270. The van der Waals surface area contributed by atoms with Gasteiger partial charge in [-0.25, -0.2) is 17.6 Å². The van der Waals surface area contributed by atoms with Gasteiger partial charge in [0.25, 0.3) is 0 Å². The van der Waals surface area contributed by atoms with Crippen molar-refractivity contribution in [2.45, 2.75) is 51.4 Å². The minimum Gasteiger partial charge on any atom is -0.508 e. The molecule has 0 spiro atoms. The van der Waals surface area contributed by atoms with E-state index in [1.807, 2.05) is 6.07 Å². The van der Waals surface area contributed by atoms with Crippen LogP contribution in [0.3, 0.4) is 0 Å². The zero-order chi connectivity index (χ0) is 52.3. The van der Waals surface area contributed by atoms with Gasteiger partial charge in [0.1, 0.15) is 59.5 Å². The molecule has 0 atom stereocenters. The van der Waals surface area contributed by atoms with Crippen LogP contribution in [0, 0.1) is 23.3 Å². The summed E-state index contributed by atoms with van der Waals surface area (Å²) < 4.78 is 74.9. The van der Waals surface area contributed by atoms with Gasteiger partial charge in [0.15, 0.2) is 11.6 Å². The molecule has 75 heavy (non-hydrogen) atoms. The van der Waals surface area contributed by atoms with Crippen molar-refractivity contribution in [1.82, 2.24) is 9.80 Å². The van der Waals surface area contributed by atoms with Crippen LogP contribution < -0.4 is 14.2 Å². The predicted octanol–water partition coefficient (Wildman–Crippen LogP) is 14.3. The minimum absolute atomic E-state index is 0.00629. The van der Waals surface area contributed by atoms with Gasteiger partial charge in [-0.05, 0) is 206 Å². The van der Waals surface area contributed by atoms with Crippen molar-refractivity contribution in [3.05, 3.63) is 191 Å². The third kappa shape index (κ3) is 12.9. The molecule has 2 aliphatic rings. The maximum atomic E-state index is 14.8. The SMILES string of the molecule is COc1ccc2c(C(=O)c3ccc(OCCN4CCCCCC4)cc3)c(-c3cc(F)ccc3F)ccc2c1.O=C(c1ccc(OCCN2CCCCCC2)cc1)c1c(-c2cc(F)ccc2F)ccc2cc(O)ccc12. The molecule has 0 saturated carbocycles. The summed E-state index contributed by atoms with van der Waals surface area (Å²) in [6.07, 6.45) is 10.1. The number of aromatic hydroxyl groups is 1. The molecular weight excluding hydrogens is 957 g/mol. The number of fused-ring (bicyclic) bond motifs is 2. The van der Waals surface area contributed by atoms with E-state index in [0.717, 1.165) is 81.1 Å². The van der Waals surface area contributed by atoms with Crippen molar-refractivity contribution >= 4 is 33.1 Å². The Morgan fingerprint density at radius 2 is 0.867 bits per heavy atom. The van der Waals surface area contributed by atoms with E-state index < -0.39 is 23.3 Å². The van der Waals surface area contributed by atoms with Crippen molar-refractivity contribution < 1.29 is 46.5 Å². The highest BCUT2D eigenvalue weighted by molar-refractivity contribution is 6.21. The molecule has 0 unspecified atom stereocenters. The summed E-state index contributed by atoms with van der Waals surface area (Å²) >= 11 is 0. The molecule has 0 aromatic heterocycles. The molecular formula is C63H60F4N2O6. The van der Waals surface area contributed by atoms with Gasteiger partial charge >= 0.3 is 0 Å². The van der Waals surface area contributed by atoms with E-state index in [0.29, 0.717) is 68.9 Å². The summed E-state index contributed by atoms with van der Waals surface area (Å²) in [6.45, 7) is 7.34. The summed E-state index contributed by atoms with van der Waals surface area (Å²) in [5, 5.41) is 12.5. The van der Waals surface area contributed by atoms with Crippen LogP contribution in [-0.4, -0.2) is 86.1 Å². The van der Waals surface area contributed by atoms with Gasteiger partial charge in [-0.1, -0.05) is 49.9 Å². The van der Waals surface area contributed by atoms with Gasteiger partial charge in [-0.2, -0.15) is 0 Å². The molecule has 2 heterocycles. The molecule has 2 aliphatic heterocycles. The Bertz CT molecular complexity index is 3280. The molecule has 386 valence electrons. The predicted molar refractivity (Wildman–Crippen MR) is 287 cm³/mol. The van der Waals surface area contributed by atoms with Crippen LogP contribution >= 0.6 is 0 Å². The number of likely N-dealkylation sites (tertiary alicyclic amines) is 2. The van der Waals surface area contributed by atoms with Gasteiger partial charge < -0.3 is 19.3 Å². The molecule has 10 rings (SSSR count). The van der Waals surface area contributed by atoms with E-state index in [2.05, 4.69) is 9.80 Å². The Labute approximate surface area is 435 Å². The van der Waals surface area contributed by atoms with Crippen LogP contribution in [0.2, 0.25) is 0 Å². The lowest BCUT2D eigenvalue weighted by molar-refractivity contribution is 0.103. The lowest BCUT2D eigenvalue weighted by Crippen LogP contribution is -2.29. The number of phenolic OH excluding ortho intramolecular Hbond substituents is 1. The minimum atomic E-state index is -0.623. The number of rotatable bonds is 15. The average Bonchev–Trinajstić information content (AvgIpc) is 3.87. The fourth-order valence-electron chi connectivity index (χ4n) is 10.1. The van der Waals surface area contributed by atoms with Crippen LogP contribution in [0.4, 0.5) is 17.6 Å². The second-order valence-corrected chi connectivity index (χ2v) is 19.1. The van der Waals surface area contributed by atoms with Gasteiger partial charge in [0, 0.05) is 46.5 Å². The van der Waals surface area contributed by atoms with Gasteiger partial charge in [-0.3, -0.25) is 19.4 Å². The maximum absolute atomic E-state index is 14.8. The number of phenols is 1. The number of carbonyl (C=O) groups is 2. The summed E-state index contributed by atoms with van der Waals surface area (Å²) in [5.41, 5.74) is 2.07. The van der Waals surface area contributed by atoms with Crippen molar-refractivity contribution in [3.8, 4) is 45.3 Å². The fourth-order valence-corrected chi connectivity index (χ4v) is 10.1. The highest BCUT2D eigenvalue weighted by atomic mass is 19.1. The highest BCUT2D eigenvalue weighted by Gasteiger charge is 2.24. The molecule has 8 aromatic rings.